The number of rotatable bonds is 9. The molecule has 39 heavy (non-hydrogen) atoms. The molecule has 4 heterocycles. The van der Waals surface area contributed by atoms with Gasteiger partial charge in [-0.05, 0) is 61.2 Å². The molecule has 0 spiro atoms. The highest BCUT2D eigenvalue weighted by Crippen LogP contribution is 2.29. The van der Waals surface area contributed by atoms with Gasteiger partial charge in [0, 0.05) is 36.7 Å². The Kier molecular flexibility index (Phi) is 7.61. The molecule has 1 N–H and O–H groups in total. The molecule has 1 atom stereocenters. The Morgan fingerprint density at radius 2 is 1.97 bits per heavy atom. The van der Waals surface area contributed by atoms with Crippen LogP contribution in [-0.4, -0.2) is 61.1 Å². The van der Waals surface area contributed by atoms with Crippen molar-refractivity contribution in [3.8, 4) is 0 Å². The Hall–Kier alpha value is -2.92. The van der Waals surface area contributed by atoms with E-state index in [1.807, 2.05) is 16.9 Å². The maximum atomic E-state index is 14.1. The zero-order valence-electron chi connectivity index (χ0n) is 21.3. The number of nitrogens with zero attached hydrogens (tertiary/aromatic N) is 5. The van der Waals surface area contributed by atoms with E-state index in [4.69, 9.17) is 26.4 Å². The first-order valence-corrected chi connectivity index (χ1v) is 14.5. The Bertz CT molecular complexity index is 1500. The molecule has 2 aliphatic rings. The van der Waals surface area contributed by atoms with Crippen LogP contribution in [0.5, 0.6) is 0 Å². The highest BCUT2D eigenvalue weighted by molar-refractivity contribution is 7.98. The van der Waals surface area contributed by atoms with Gasteiger partial charge in [-0.3, -0.25) is 9.58 Å². The molecule has 8 nitrogen and oxygen atoms in total. The van der Waals surface area contributed by atoms with Gasteiger partial charge >= 0.3 is 5.97 Å². The Labute approximate surface area is 234 Å². The molecule has 0 unspecified atom stereocenters. The van der Waals surface area contributed by atoms with Crippen molar-refractivity contribution < 1.29 is 19.0 Å². The first-order valence-electron chi connectivity index (χ1n) is 13.1. The quantitative estimate of drug-likeness (QED) is 0.261. The summed E-state index contributed by atoms with van der Waals surface area (Å²) in [6, 6.07) is 12.2. The van der Waals surface area contributed by atoms with E-state index < -0.39 is 5.97 Å². The normalized spacial score (nSPS) is 18.5. The number of carbonyl (C=O) groups is 1. The van der Waals surface area contributed by atoms with E-state index in [-0.39, 0.29) is 17.5 Å². The van der Waals surface area contributed by atoms with Crippen LogP contribution in [0, 0.1) is 5.82 Å². The van der Waals surface area contributed by atoms with Gasteiger partial charge < -0.3 is 14.4 Å². The van der Waals surface area contributed by atoms with E-state index in [1.165, 1.54) is 17.8 Å². The number of ether oxygens (including phenoxy) is 1. The summed E-state index contributed by atoms with van der Waals surface area (Å²) in [5, 5.41) is 15.5. The number of imidazole rings is 1. The number of fused-ring (bicyclic) bond motifs is 1. The minimum atomic E-state index is -0.939. The average Bonchev–Trinajstić information content (AvgIpc) is 3.50. The zero-order chi connectivity index (χ0) is 26.9. The molecule has 0 radical (unpaired) electrons. The van der Waals surface area contributed by atoms with Crippen LogP contribution in [0.4, 0.5) is 4.39 Å². The number of carboxylic acid groups (broad SMARTS) is 1. The molecule has 4 aromatic rings. The summed E-state index contributed by atoms with van der Waals surface area (Å²) in [6.07, 6.45) is 5.09. The van der Waals surface area contributed by atoms with Crippen LogP contribution < -0.4 is 0 Å². The van der Waals surface area contributed by atoms with Crippen LogP contribution in [0.15, 0.2) is 53.7 Å². The van der Waals surface area contributed by atoms with Gasteiger partial charge in [0.1, 0.15) is 16.7 Å². The lowest BCUT2D eigenvalue weighted by Gasteiger charge is -2.32. The van der Waals surface area contributed by atoms with Crippen molar-refractivity contribution >= 4 is 40.4 Å². The number of piperidine rings is 1. The average molecular weight is 570 g/mol. The zero-order valence-corrected chi connectivity index (χ0v) is 22.9. The van der Waals surface area contributed by atoms with Crippen LogP contribution in [-0.2, 0) is 23.6 Å². The monoisotopic (exact) mass is 569 g/mol. The highest BCUT2D eigenvalue weighted by atomic mass is 35.5. The topological polar surface area (TPSA) is 85.4 Å². The lowest BCUT2D eigenvalue weighted by molar-refractivity contribution is -0.0592. The summed E-state index contributed by atoms with van der Waals surface area (Å²) in [6.45, 7) is 3.97. The third-order valence-corrected chi connectivity index (χ3v) is 8.73. The van der Waals surface area contributed by atoms with Crippen molar-refractivity contribution in [3.05, 3.63) is 76.5 Å². The molecule has 2 fully saturated rings. The number of aromatic nitrogens is 4. The molecule has 2 aromatic heterocycles. The van der Waals surface area contributed by atoms with Gasteiger partial charge in [-0.15, -0.1) is 0 Å². The number of halogens is 2. The number of aromatic carboxylic acids is 1. The van der Waals surface area contributed by atoms with Crippen molar-refractivity contribution in [2.24, 2.45) is 0 Å². The van der Waals surface area contributed by atoms with E-state index in [0.717, 1.165) is 60.8 Å². The third kappa shape index (κ3) is 5.84. The summed E-state index contributed by atoms with van der Waals surface area (Å²) in [4.78, 5) is 18.8. The van der Waals surface area contributed by atoms with Crippen LogP contribution in [0.1, 0.15) is 47.1 Å². The predicted molar refractivity (Wildman–Crippen MR) is 148 cm³/mol. The van der Waals surface area contributed by atoms with Crippen molar-refractivity contribution in [2.75, 3.05) is 19.7 Å². The lowest BCUT2D eigenvalue weighted by atomic mass is 10.1. The maximum absolute atomic E-state index is 14.1. The predicted octanol–water partition coefficient (Wildman–Crippen LogP) is 5.64. The first-order chi connectivity index (χ1) is 18.9. The minimum absolute atomic E-state index is 0.142. The van der Waals surface area contributed by atoms with Crippen LogP contribution in [0.25, 0.3) is 11.0 Å². The molecule has 0 aliphatic carbocycles. The molecular weight excluding hydrogens is 541 g/mol. The molecular formula is C28H29ClFN5O3S. The number of hydrogen-bond donors (Lipinski definition) is 1. The molecule has 2 aromatic carbocycles. The number of likely N-dealkylation sites (tertiary alicyclic amines) is 1. The van der Waals surface area contributed by atoms with Crippen molar-refractivity contribution in [1.29, 1.82) is 0 Å². The minimum Gasteiger partial charge on any atom is -0.478 e. The van der Waals surface area contributed by atoms with E-state index in [2.05, 4.69) is 9.47 Å². The molecule has 0 saturated carbocycles. The fourth-order valence-electron chi connectivity index (χ4n) is 5.20. The number of hydrogen-bond acceptors (Lipinski definition) is 6. The lowest BCUT2D eigenvalue weighted by Crippen LogP contribution is -2.36. The van der Waals surface area contributed by atoms with Crippen molar-refractivity contribution in [1.82, 2.24) is 24.2 Å². The highest BCUT2D eigenvalue weighted by Gasteiger charge is 2.26. The molecule has 11 heteroatoms. The summed E-state index contributed by atoms with van der Waals surface area (Å²) >= 11 is 7.37. The van der Waals surface area contributed by atoms with Crippen molar-refractivity contribution in [2.45, 2.75) is 55.3 Å². The standard InChI is InChI=1S/C28H29ClFN5O3S/c29-20-3-1-19(23(30)14-20)17-39-27-7-11-35(32-27)21-5-9-33(10-6-21)16-26-31-24-4-2-18(28(36)37)13-25(24)34(26)15-22-8-12-38-22/h1-4,7,11,13-14,21-22H,5-6,8-10,12,15-17H2,(H,36,37)/t22-/m0/s1. The fraction of sp³-hybridized carbons (Fsp3) is 0.393. The summed E-state index contributed by atoms with van der Waals surface area (Å²) in [5.41, 5.74) is 2.53. The SMILES string of the molecule is O=C(O)c1ccc2nc(CN3CCC(n4ccc(SCc5ccc(Cl)cc5F)n4)CC3)n(C[C@@H]3CCO3)c2c1. The largest absolute Gasteiger partial charge is 0.478 e. The van der Waals surface area contributed by atoms with Gasteiger partial charge in [0.25, 0.3) is 0 Å². The first kappa shape index (κ1) is 26.3. The second kappa shape index (κ2) is 11.3. The van der Waals surface area contributed by atoms with Crippen LogP contribution in [0.2, 0.25) is 5.02 Å². The van der Waals surface area contributed by atoms with E-state index in [9.17, 15) is 14.3 Å². The Morgan fingerprint density at radius 3 is 2.69 bits per heavy atom. The number of thioether (sulfide) groups is 1. The Balaban J connectivity index is 1.09. The van der Waals surface area contributed by atoms with Gasteiger partial charge in [0.15, 0.2) is 0 Å². The fourth-order valence-corrected chi connectivity index (χ4v) is 6.20. The second-order valence-electron chi connectivity index (χ2n) is 10.1. The van der Waals surface area contributed by atoms with Crippen molar-refractivity contribution in [3.63, 3.8) is 0 Å². The molecule has 0 bridgehead atoms. The van der Waals surface area contributed by atoms with Gasteiger partial charge in [-0.1, -0.05) is 29.4 Å². The molecule has 0 amide bonds. The van der Waals surface area contributed by atoms with E-state index >= 15 is 0 Å². The third-order valence-electron chi connectivity index (χ3n) is 7.52. The van der Waals surface area contributed by atoms with Gasteiger partial charge in [-0.25, -0.2) is 14.2 Å². The van der Waals surface area contributed by atoms with Gasteiger partial charge in [-0.2, -0.15) is 5.10 Å². The van der Waals surface area contributed by atoms with Crippen LogP contribution in [0.3, 0.4) is 0 Å². The molecule has 6 rings (SSSR count). The Morgan fingerprint density at radius 1 is 1.15 bits per heavy atom. The smallest absolute Gasteiger partial charge is 0.335 e. The molecule has 204 valence electrons. The summed E-state index contributed by atoms with van der Waals surface area (Å²) in [5.74, 6) is 0.205. The number of benzene rings is 2. The second-order valence-corrected chi connectivity index (χ2v) is 11.5. The molecule has 2 aliphatic heterocycles. The van der Waals surface area contributed by atoms with Crippen LogP contribution >= 0.6 is 23.4 Å². The molecule has 2 saturated heterocycles. The summed E-state index contributed by atoms with van der Waals surface area (Å²) in [7, 11) is 0. The van der Waals surface area contributed by atoms with E-state index in [0.29, 0.717) is 35.5 Å². The van der Waals surface area contributed by atoms with Gasteiger partial charge in [0.05, 0.1) is 41.8 Å². The van der Waals surface area contributed by atoms with Gasteiger partial charge in [0.2, 0.25) is 0 Å². The number of carboxylic acids is 1. The summed E-state index contributed by atoms with van der Waals surface area (Å²) < 4.78 is 23.9. The van der Waals surface area contributed by atoms with E-state index in [1.54, 1.807) is 30.3 Å². The maximum Gasteiger partial charge on any atom is 0.335 e.